The van der Waals surface area contributed by atoms with E-state index in [1.165, 1.54) is 0 Å². The van der Waals surface area contributed by atoms with Crippen molar-refractivity contribution in [2.45, 2.75) is 19.4 Å². The van der Waals surface area contributed by atoms with E-state index in [0.717, 1.165) is 7.11 Å². The zero-order chi connectivity index (χ0) is 9.94. The molecule has 0 aliphatic rings. The van der Waals surface area contributed by atoms with Crippen molar-refractivity contribution < 1.29 is 19.4 Å². The van der Waals surface area contributed by atoms with E-state index in [9.17, 15) is 9.59 Å². The standard InChI is InChI=1S/C7H13NO4/c1-4(2)7(8,5(9)10)6(11)12-3/h4H,8H2,1-3H3,(H,9,10)/t7-/m0/s1. The molecule has 5 heteroatoms. The topological polar surface area (TPSA) is 89.6 Å². The van der Waals surface area contributed by atoms with E-state index in [1.807, 2.05) is 0 Å². The summed E-state index contributed by atoms with van der Waals surface area (Å²) < 4.78 is 4.29. The normalized spacial score (nSPS) is 15.4. The van der Waals surface area contributed by atoms with Crippen LogP contribution in [0.5, 0.6) is 0 Å². The van der Waals surface area contributed by atoms with Crippen LogP contribution in [0.4, 0.5) is 0 Å². The van der Waals surface area contributed by atoms with Crippen molar-refractivity contribution in [3.8, 4) is 0 Å². The molecule has 0 amide bonds. The van der Waals surface area contributed by atoms with Crippen LogP contribution in [0.15, 0.2) is 0 Å². The third kappa shape index (κ3) is 1.55. The van der Waals surface area contributed by atoms with Gasteiger partial charge in [-0.15, -0.1) is 0 Å². The van der Waals surface area contributed by atoms with Gasteiger partial charge in [0.15, 0.2) is 0 Å². The maximum Gasteiger partial charge on any atom is 0.337 e. The van der Waals surface area contributed by atoms with Crippen LogP contribution in [0.3, 0.4) is 0 Å². The smallest absolute Gasteiger partial charge is 0.337 e. The summed E-state index contributed by atoms with van der Waals surface area (Å²) in [7, 11) is 1.11. The van der Waals surface area contributed by atoms with Gasteiger partial charge in [0, 0.05) is 0 Å². The van der Waals surface area contributed by atoms with Gasteiger partial charge in [0.25, 0.3) is 0 Å². The van der Waals surface area contributed by atoms with Gasteiger partial charge in [0.05, 0.1) is 7.11 Å². The first-order chi connectivity index (χ1) is 5.37. The fourth-order valence-electron chi connectivity index (χ4n) is 0.739. The highest BCUT2D eigenvalue weighted by molar-refractivity contribution is 6.04. The molecule has 0 aliphatic carbocycles. The molecule has 0 spiro atoms. The fraction of sp³-hybridized carbons (Fsp3) is 0.714. The Bertz CT molecular complexity index is 202. The van der Waals surface area contributed by atoms with Crippen molar-refractivity contribution in [1.29, 1.82) is 0 Å². The molecule has 0 rings (SSSR count). The van der Waals surface area contributed by atoms with Gasteiger partial charge in [-0.25, -0.2) is 9.59 Å². The van der Waals surface area contributed by atoms with E-state index >= 15 is 0 Å². The highest BCUT2D eigenvalue weighted by Crippen LogP contribution is 2.15. The molecule has 0 aliphatic heterocycles. The minimum atomic E-state index is -1.94. The van der Waals surface area contributed by atoms with Crippen LogP contribution in [0.1, 0.15) is 13.8 Å². The maximum absolute atomic E-state index is 11.0. The number of hydrogen-bond acceptors (Lipinski definition) is 4. The van der Waals surface area contributed by atoms with Crippen LogP contribution in [0, 0.1) is 5.92 Å². The Morgan fingerprint density at radius 1 is 1.50 bits per heavy atom. The summed E-state index contributed by atoms with van der Waals surface area (Å²) in [6.45, 7) is 3.09. The fourth-order valence-corrected chi connectivity index (χ4v) is 0.739. The molecule has 0 radical (unpaired) electrons. The molecule has 1 atom stereocenters. The monoisotopic (exact) mass is 175 g/mol. The van der Waals surface area contributed by atoms with Gasteiger partial charge in [0.2, 0.25) is 5.54 Å². The predicted molar refractivity (Wildman–Crippen MR) is 41.4 cm³/mol. The Labute approximate surface area is 70.5 Å². The van der Waals surface area contributed by atoms with E-state index in [2.05, 4.69) is 4.74 Å². The lowest BCUT2D eigenvalue weighted by molar-refractivity contribution is -0.161. The number of methoxy groups -OCH3 is 1. The third-order valence-corrected chi connectivity index (χ3v) is 1.79. The van der Waals surface area contributed by atoms with Crippen molar-refractivity contribution in [2.75, 3.05) is 7.11 Å². The number of rotatable bonds is 3. The lowest BCUT2D eigenvalue weighted by atomic mass is 9.88. The van der Waals surface area contributed by atoms with E-state index in [4.69, 9.17) is 10.8 Å². The summed E-state index contributed by atoms with van der Waals surface area (Å²) in [5.74, 6) is -2.81. The van der Waals surface area contributed by atoms with Crippen molar-refractivity contribution in [3.05, 3.63) is 0 Å². The molecule has 0 unspecified atom stereocenters. The Balaban J connectivity index is 4.87. The first kappa shape index (κ1) is 10.9. The molecule has 3 N–H and O–H groups in total. The molecule has 5 nitrogen and oxygen atoms in total. The van der Waals surface area contributed by atoms with Crippen molar-refractivity contribution in [2.24, 2.45) is 11.7 Å². The third-order valence-electron chi connectivity index (χ3n) is 1.79. The Morgan fingerprint density at radius 3 is 2.00 bits per heavy atom. The first-order valence-electron chi connectivity index (χ1n) is 3.48. The number of ether oxygens (including phenoxy) is 1. The lowest BCUT2D eigenvalue weighted by Gasteiger charge is -2.25. The van der Waals surface area contributed by atoms with Crippen LogP contribution in [-0.2, 0) is 14.3 Å². The van der Waals surface area contributed by atoms with E-state index < -0.39 is 23.4 Å². The molecule has 12 heavy (non-hydrogen) atoms. The van der Waals surface area contributed by atoms with Gasteiger partial charge in [-0.3, -0.25) is 0 Å². The second kappa shape index (κ2) is 3.53. The minimum Gasteiger partial charge on any atom is -0.479 e. The van der Waals surface area contributed by atoms with Crippen molar-refractivity contribution >= 4 is 11.9 Å². The number of carboxylic acid groups (broad SMARTS) is 1. The van der Waals surface area contributed by atoms with Gasteiger partial charge < -0.3 is 15.6 Å². The SMILES string of the molecule is COC(=O)[C@@](N)(C(=O)O)C(C)C. The number of carbonyl (C=O) groups excluding carboxylic acids is 1. The highest BCUT2D eigenvalue weighted by Gasteiger charge is 2.46. The summed E-state index contributed by atoms with van der Waals surface area (Å²) in [5, 5.41) is 8.68. The molecule has 0 saturated heterocycles. The molecule has 0 bridgehead atoms. The number of hydrogen-bond donors (Lipinski definition) is 2. The van der Waals surface area contributed by atoms with Gasteiger partial charge in [0.1, 0.15) is 0 Å². The van der Waals surface area contributed by atoms with Gasteiger partial charge in [-0.2, -0.15) is 0 Å². The zero-order valence-electron chi connectivity index (χ0n) is 7.33. The largest absolute Gasteiger partial charge is 0.479 e. The molecular weight excluding hydrogens is 162 g/mol. The van der Waals surface area contributed by atoms with Gasteiger partial charge in [-0.05, 0) is 5.92 Å². The second-order valence-electron chi connectivity index (χ2n) is 2.82. The maximum atomic E-state index is 11.0. The van der Waals surface area contributed by atoms with Crippen LogP contribution in [0.25, 0.3) is 0 Å². The van der Waals surface area contributed by atoms with Gasteiger partial charge >= 0.3 is 11.9 Å². The van der Waals surface area contributed by atoms with Crippen molar-refractivity contribution in [3.63, 3.8) is 0 Å². The second-order valence-corrected chi connectivity index (χ2v) is 2.82. The summed E-state index contributed by atoms with van der Waals surface area (Å²) in [4.78, 5) is 21.6. The summed E-state index contributed by atoms with van der Waals surface area (Å²) >= 11 is 0. The molecule has 0 heterocycles. The van der Waals surface area contributed by atoms with E-state index in [0.29, 0.717) is 0 Å². The number of carboxylic acids is 1. The van der Waals surface area contributed by atoms with Crippen LogP contribution in [-0.4, -0.2) is 29.7 Å². The first-order valence-corrected chi connectivity index (χ1v) is 3.48. The number of nitrogens with two attached hydrogens (primary N) is 1. The van der Waals surface area contributed by atoms with Gasteiger partial charge in [-0.1, -0.05) is 13.8 Å². The minimum absolute atomic E-state index is 0.512. The quantitative estimate of drug-likeness (QED) is 0.450. The summed E-state index contributed by atoms with van der Waals surface area (Å²) in [6.07, 6.45) is 0. The Hall–Kier alpha value is -1.10. The molecule has 0 aromatic carbocycles. The van der Waals surface area contributed by atoms with Crippen LogP contribution >= 0.6 is 0 Å². The number of carbonyl (C=O) groups is 2. The average Bonchev–Trinajstić information content (AvgIpc) is 2.00. The molecule has 0 fully saturated rings. The van der Waals surface area contributed by atoms with Crippen LogP contribution < -0.4 is 5.73 Å². The van der Waals surface area contributed by atoms with Crippen LogP contribution in [0.2, 0.25) is 0 Å². The van der Waals surface area contributed by atoms with E-state index in [-0.39, 0.29) is 0 Å². The predicted octanol–water partition coefficient (Wildman–Crippen LogP) is -0.402. The number of aliphatic carboxylic acids is 1. The summed E-state index contributed by atoms with van der Waals surface area (Å²) in [5.41, 5.74) is 3.43. The molecule has 0 aromatic rings. The van der Waals surface area contributed by atoms with Crippen molar-refractivity contribution in [1.82, 2.24) is 0 Å². The molecule has 0 saturated carbocycles. The molecule has 0 aromatic heterocycles. The number of esters is 1. The lowest BCUT2D eigenvalue weighted by Crippen LogP contribution is -2.59. The average molecular weight is 175 g/mol. The zero-order valence-corrected chi connectivity index (χ0v) is 7.33. The molecular formula is C7H13NO4. The van der Waals surface area contributed by atoms with E-state index in [1.54, 1.807) is 13.8 Å². The Kier molecular flexibility index (Phi) is 3.21. The molecule has 70 valence electrons. The summed E-state index contributed by atoms with van der Waals surface area (Å²) in [6, 6.07) is 0. The highest BCUT2D eigenvalue weighted by atomic mass is 16.5. The Morgan fingerprint density at radius 2 is 1.92 bits per heavy atom.